The maximum atomic E-state index is 13.6. The van der Waals surface area contributed by atoms with Gasteiger partial charge in [-0.2, -0.15) is 26.3 Å². The van der Waals surface area contributed by atoms with Crippen molar-refractivity contribution in [3.05, 3.63) is 77.7 Å². The second-order valence-electron chi connectivity index (χ2n) is 5.96. The Morgan fingerprint density at radius 1 is 0.897 bits per heavy atom. The summed E-state index contributed by atoms with van der Waals surface area (Å²) in [5.74, 6) is 0.0911. The molecule has 0 atom stereocenters. The van der Waals surface area contributed by atoms with Crippen LogP contribution in [0.25, 0.3) is 0 Å². The molecule has 10 heteroatoms. The van der Waals surface area contributed by atoms with Gasteiger partial charge in [-0.15, -0.1) is 0 Å². The van der Waals surface area contributed by atoms with E-state index in [-0.39, 0.29) is 17.6 Å². The molecule has 2 N–H and O–H groups in total. The molecule has 0 aliphatic carbocycles. The van der Waals surface area contributed by atoms with Crippen molar-refractivity contribution in [3.8, 4) is 0 Å². The van der Waals surface area contributed by atoms with Crippen LogP contribution in [0.5, 0.6) is 0 Å². The summed E-state index contributed by atoms with van der Waals surface area (Å²) in [5, 5.41) is 0. The van der Waals surface area contributed by atoms with Crippen LogP contribution in [0.15, 0.2) is 61.1 Å². The first-order chi connectivity index (χ1) is 13.6. The molecule has 0 bridgehead atoms. The smallest absolute Gasteiger partial charge is 0.326 e. The van der Waals surface area contributed by atoms with Crippen molar-refractivity contribution in [2.45, 2.75) is 18.9 Å². The number of aromatic nitrogens is 2. The highest BCUT2D eigenvalue weighted by Gasteiger charge is 2.40. The zero-order valence-electron chi connectivity index (χ0n) is 14.7. The number of nitrogens with zero attached hydrogens (tertiary/aromatic N) is 3. The van der Waals surface area contributed by atoms with Gasteiger partial charge in [0.15, 0.2) is 0 Å². The van der Waals surface area contributed by atoms with Crippen LogP contribution in [0, 0.1) is 0 Å². The average molecular weight is 412 g/mol. The maximum absolute atomic E-state index is 13.6. The van der Waals surface area contributed by atoms with Crippen LogP contribution in [-0.4, -0.2) is 9.97 Å². The Hall–Kier alpha value is -3.14. The van der Waals surface area contributed by atoms with Crippen LogP contribution in [0.2, 0.25) is 0 Å². The number of hydrogen-bond acceptors (Lipinski definition) is 4. The molecule has 0 aliphatic rings. The van der Waals surface area contributed by atoms with Gasteiger partial charge in [-0.3, -0.25) is 4.90 Å². The summed E-state index contributed by atoms with van der Waals surface area (Å²) in [6.07, 6.45) is -7.54. The summed E-state index contributed by atoms with van der Waals surface area (Å²) in [6, 6.07) is 10.0. The molecule has 3 aromatic rings. The molecular formula is C19H14F6N4. The number of para-hydroxylation sites is 1. The molecule has 0 aliphatic heterocycles. The summed E-state index contributed by atoms with van der Waals surface area (Å²) in [4.78, 5) is 8.94. The van der Waals surface area contributed by atoms with E-state index in [1.165, 1.54) is 29.3 Å². The molecule has 0 fully saturated rings. The lowest BCUT2D eigenvalue weighted by Crippen LogP contribution is -2.21. The first-order valence-corrected chi connectivity index (χ1v) is 8.25. The molecule has 0 spiro atoms. The molecule has 1 aromatic heterocycles. The number of benzene rings is 2. The van der Waals surface area contributed by atoms with Crippen LogP contribution in [-0.2, 0) is 18.9 Å². The number of anilines is 3. The van der Waals surface area contributed by atoms with Gasteiger partial charge in [0, 0.05) is 24.0 Å². The third-order valence-electron chi connectivity index (χ3n) is 4.11. The first kappa shape index (κ1) is 20.6. The largest absolute Gasteiger partial charge is 0.416 e. The van der Waals surface area contributed by atoms with E-state index in [9.17, 15) is 26.3 Å². The molecule has 152 valence electrons. The molecule has 1 heterocycles. The van der Waals surface area contributed by atoms with E-state index in [4.69, 9.17) is 5.73 Å². The monoisotopic (exact) mass is 412 g/mol. The summed E-state index contributed by atoms with van der Waals surface area (Å²) in [6.45, 7) is -0.628. The Morgan fingerprint density at radius 2 is 1.59 bits per heavy atom. The molecule has 0 amide bonds. The summed E-state index contributed by atoms with van der Waals surface area (Å²) in [7, 11) is 0. The van der Waals surface area contributed by atoms with Crippen molar-refractivity contribution >= 4 is 17.2 Å². The highest BCUT2D eigenvalue weighted by atomic mass is 19.4. The second-order valence-corrected chi connectivity index (χ2v) is 5.96. The van der Waals surface area contributed by atoms with Gasteiger partial charge in [-0.25, -0.2) is 9.97 Å². The van der Waals surface area contributed by atoms with Crippen LogP contribution >= 0.6 is 0 Å². The predicted octanol–water partition coefficient (Wildman–Crippen LogP) is 5.44. The molecule has 2 aromatic carbocycles. The van der Waals surface area contributed by atoms with Crippen molar-refractivity contribution in [2.75, 3.05) is 4.90 Å². The van der Waals surface area contributed by atoms with Crippen molar-refractivity contribution in [1.82, 2.24) is 9.97 Å². The fourth-order valence-corrected chi connectivity index (χ4v) is 2.88. The van der Waals surface area contributed by atoms with Crippen LogP contribution in [0.1, 0.15) is 16.7 Å². The van der Waals surface area contributed by atoms with Crippen molar-refractivity contribution < 1.29 is 26.3 Å². The second kappa shape index (κ2) is 7.70. The lowest BCUT2D eigenvalue weighted by Gasteiger charge is -2.29. The zero-order valence-corrected chi connectivity index (χ0v) is 14.7. The third kappa shape index (κ3) is 4.32. The molecule has 0 unspecified atom stereocenters. The topological polar surface area (TPSA) is 55.0 Å². The number of nitrogens with two attached hydrogens (primary N) is 1. The summed E-state index contributed by atoms with van der Waals surface area (Å²) in [5.41, 5.74) is 2.15. The third-order valence-corrected chi connectivity index (χ3v) is 4.11. The van der Waals surface area contributed by atoms with Crippen LogP contribution in [0.4, 0.5) is 43.5 Å². The lowest BCUT2D eigenvalue weighted by molar-refractivity contribution is -0.143. The van der Waals surface area contributed by atoms with Gasteiger partial charge in [0.05, 0.1) is 16.8 Å². The molecule has 0 saturated heterocycles. The molecular weight excluding hydrogens is 398 g/mol. The van der Waals surface area contributed by atoms with E-state index in [0.29, 0.717) is 11.8 Å². The minimum absolute atomic E-state index is 0.0782. The van der Waals surface area contributed by atoms with E-state index in [1.54, 1.807) is 18.2 Å². The van der Waals surface area contributed by atoms with Gasteiger partial charge in [0.25, 0.3) is 0 Å². The lowest BCUT2D eigenvalue weighted by atomic mass is 9.99. The average Bonchev–Trinajstić information content (AvgIpc) is 2.68. The Kier molecular flexibility index (Phi) is 5.47. The fourth-order valence-electron chi connectivity index (χ4n) is 2.88. The van der Waals surface area contributed by atoms with Gasteiger partial charge in [-0.05, 0) is 30.3 Å². The Balaban J connectivity index is 2.38. The Morgan fingerprint density at radius 3 is 2.10 bits per heavy atom. The van der Waals surface area contributed by atoms with Gasteiger partial charge < -0.3 is 5.73 Å². The predicted molar refractivity (Wildman–Crippen MR) is 94.6 cm³/mol. The van der Waals surface area contributed by atoms with Crippen LogP contribution in [0.3, 0.4) is 0 Å². The molecule has 4 nitrogen and oxygen atoms in total. The van der Waals surface area contributed by atoms with Crippen molar-refractivity contribution in [2.24, 2.45) is 5.73 Å². The normalized spacial score (nSPS) is 12.1. The first-order valence-electron chi connectivity index (χ1n) is 8.25. The quantitative estimate of drug-likeness (QED) is 0.580. The fraction of sp³-hybridized carbons (Fsp3) is 0.158. The summed E-state index contributed by atoms with van der Waals surface area (Å²) >= 11 is 0. The van der Waals surface area contributed by atoms with E-state index >= 15 is 0 Å². The van der Waals surface area contributed by atoms with Crippen molar-refractivity contribution in [1.29, 1.82) is 0 Å². The number of hydrogen-bond donors (Lipinski definition) is 1. The summed E-state index contributed by atoms with van der Waals surface area (Å²) < 4.78 is 80.9. The van der Waals surface area contributed by atoms with E-state index in [1.807, 2.05) is 0 Å². The minimum atomic E-state index is -5.03. The zero-order chi connectivity index (χ0) is 21.2. The van der Waals surface area contributed by atoms with Crippen molar-refractivity contribution in [3.63, 3.8) is 0 Å². The highest BCUT2D eigenvalue weighted by Crippen LogP contribution is 2.44. The number of rotatable bonds is 4. The molecule has 29 heavy (non-hydrogen) atoms. The molecule has 0 radical (unpaired) electrons. The standard InChI is InChI=1S/C19H14F6N4/c20-18(21,22)12-8-15(19(23,24)25)14(10-26)16(9-12)29(13-4-2-1-3-5-13)17-6-7-27-11-28-17/h1-9,11H,10,26H2. The SMILES string of the molecule is NCc1c(N(c2ccccc2)c2ccncn2)cc(C(F)(F)F)cc1C(F)(F)F. The van der Waals surface area contributed by atoms with Gasteiger partial charge in [0.1, 0.15) is 12.1 Å². The van der Waals surface area contributed by atoms with E-state index in [2.05, 4.69) is 9.97 Å². The van der Waals surface area contributed by atoms with Gasteiger partial charge in [0.2, 0.25) is 0 Å². The molecule has 0 saturated carbocycles. The maximum Gasteiger partial charge on any atom is 0.416 e. The van der Waals surface area contributed by atoms with Gasteiger partial charge in [-0.1, -0.05) is 18.2 Å². The molecule has 3 rings (SSSR count). The highest BCUT2D eigenvalue weighted by molar-refractivity contribution is 5.78. The van der Waals surface area contributed by atoms with E-state index < -0.39 is 35.6 Å². The van der Waals surface area contributed by atoms with Crippen LogP contribution < -0.4 is 10.6 Å². The Labute approximate surface area is 161 Å². The minimum Gasteiger partial charge on any atom is -0.326 e. The van der Waals surface area contributed by atoms with Gasteiger partial charge >= 0.3 is 12.4 Å². The Bertz CT molecular complexity index is 932. The number of alkyl halides is 6. The van der Waals surface area contributed by atoms with E-state index in [0.717, 1.165) is 6.33 Å². The number of halogens is 6.